The van der Waals surface area contributed by atoms with Crippen molar-refractivity contribution in [3.8, 4) is 5.75 Å². The number of nitrogens with one attached hydrogen (secondary N) is 1. The number of anilines is 2. The molecule has 1 aliphatic heterocycles. The summed E-state index contributed by atoms with van der Waals surface area (Å²) < 4.78 is 19.8. The number of rotatable bonds is 4. The standard InChI is InChI=1S/C24H20ClFN2O3/c1-14-6-7-16(10-15(14)2)24(30)27-17-8-9-22-21(11-17)28(23(29)13-31-22)12-18-19(25)4-3-5-20(18)26/h3-11H,12-13H2,1-2H3,(H,27,30). The molecule has 4 rings (SSSR count). The third-order valence-electron chi connectivity index (χ3n) is 5.31. The van der Waals surface area contributed by atoms with Crippen molar-refractivity contribution < 1.29 is 18.7 Å². The van der Waals surface area contributed by atoms with Crippen LogP contribution in [0.25, 0.3) is 0 Å². The smallest absolute Gasteiger partial charge is 0.265 e. The Morgan fingerprint density at radius 2 is 1.94 bits per heavy atom. The topological polar surface area (TPSA) is 58.6 Å². The number of nitrogens with zero attached hydrogens (tertiary/aromatic N) is 1. The first kappa shape index (κ1) is 20.9. The van der Waals surface area contributed by atoms with Crippen LogP contribution in [0.3, 0.4) is 0 Å². The van der Waals surface area contributed by atoms with Gasteiger partial charge < -0.3 is 15.0 Å². The number of carbonyl (C=O) groups excluding carboxylic acids is 2. The minimum Gasteiger partial charge on any atom is -0.482 e. The molecule has 7 heteroatoms. The van der Waals surface area contributed by atoms with E-state index in [4.69, 9.17) is 16.3 Å². The number of halogens is 2. The third kappa shape index (κ3) is 4.25. The summed E-state index contributed by atoms with van der Waals surface area (Å²) in [4.78, 5) is 26.6. The maximum atomic E-state index is 14.3. The lowest BCUT2D eigenvalue weighted by atomic mass is 10.1. The molecule has 0 saturated heterocycles. The van der Waals surface area contributed by atoms with Gasteiger partial charge in [0.2, 0.25) is 0 Å². The van der Waals surface area contributed by atoms with Crippen molar-refractivity contribution in [3.05, 3.63) is 87.7 Å². The highest BCUT2D eigenvalue weighted by Crippen LogP contribution is 2.36. The molecule has 3 aromatic carbocycles. The molecule has 0 aliphatic carbocycles. The second kappa shape index (κ2) is 8.40. The van der Waals surface area contributed by atoms with Crippen LogP contribution in [0.5, 0.6) is 5.75 Å². The molecule has 5 nitrogen and oxygen atoms in total. The van der Waals surface area contributed by atoms with Crippen molar-refractivity contribution in [1.82, 2.24) is 0 Å². The van der Waals surface area contributed by atoms with Crippen LogP contribution in [0.4, 0.5) is 15.8 Å². The van der Waals surface area contributed by atoms with Crippen LogP contribution in [-0.2, 0) is 11.3 Å². The second-order valence-electron chi connectivity index (χ2n) is 7.40. The van der Waals surface area contributed by atoms with E-state index in [1.165, 1.54) is 17.0 Å². The maximum absolute atomic E-state index is 14.3. The predicted octanol–water partition coefficient (Wildman–Crippen LogP) is 5.27. The van der Waals surface area contributed by atoms with Gasteiger partial charge in [0.25, 0.3) is 11.8 Å². The molecule has 0 aromatic heterocycles. The molecule has 0 spiro atoms. The molecular weight excluding hydrogens is 419 g/mol. The first-order valence-corrected chi connectivity index (χ1v) is 10.1. The van der Waals surface area contributed by atoms with E-state index in [9.17, 15) is 14.0 Å². The van der Waals surface area contributed by atoms with Gasteiger partial charge in [-0.05, 0) is 67.4 Å². The van der Waals surface area contributed by atoms with E-state index in [0.29, 0.717) is 22.7 Å². The van der Waals surface area contributed by atoms with Crippen LogP contribution in [0, 0.1) is 19.7 Å². The fraction of sp³-hybridized carbons (Fsp3) is 0.167. The fourth-order valence-electron chi connectivity index (χ4n) is 3.38. The highest BCUT2D eigenvalue weighted by atomic mass is 35.5. The molecule has 0 saturated carbocycles. The van der Waals surface area contributed by atoms with Crippen molar-refractivity contribution >= 4 is 34.8 Å². The lowest BCUT2D eigenvalue weighted by Crippen LogP contribution is -2.38. The number of carbonyl (C=O) groups is 2. The molecule has 0 fully saturated rings. The van der Waals surface area contributed by atoms with Crippen molar-refractivity contribution in [2.24, 2.45) is 0 Å². The average Bonchev–Trinajstić information content (AvgIpc) is 2.74. The molecular formula is C24H20ClFN2O3. The fourth-order valence-corrected chi connectivity index (χ4v) is 3.60. The zero-order valence-electron chi connectivity index (χ0n) is 17.0. The SMILES string of the molecule is Cc1ccc(C(=O)Nc2ccc3c(c2)N(Cc2c(F)cccc2Cl)C(=O)CO3)cc1C. The number of fused-ring (bicyclic) bond motifs is 1. The van der Waals surface area contributed by atoms with Gasteiger partial charge in [-0.1, -0.05) is 23.7 Å². The van der Waals surface area contributed by atoms with Crippen LogP contribution >= 0.6 is 11.6 Å². The Bertz CT molecular complexity index is 1180. The van der Waals surface area contributed by atoms with Crippen LogP contribution in [0.1, 0.15) is 27.0 Å². The molecule has 0 atom stereocenters. The second-order valence-corrected chi connectivity index (χ2v) is 7.81. The van der Waals surface area contributed by atoms with Gasteiger partial charge in [0.1, 0.15) is 11.6 Å². The normalized spacial score (nSPS) is 12.9. The molecule has 1 N–H and O–H groups in total. The Morgan fingerprint density at radius 1 is 1.13 bits per heavy atom. The van der Waals surface area contributed by atoms with E-state index >= 15 is 0 Å². The lowest BCUT2D eigenvalue weighted by molar-refractivity contribution is -0.121. The summed E-state index contributed by atoms with van der Waals surface area (Å²) in [6, 6.07) is 14.9. The molecule has 1 aliphatic rings. The van der Waals surface area contributed by atoms with Gasteiger partial charge in [-0.25, -0.2) is 4.39 Å². The summed E-state index contributed by atoms with van der Waals surface area (Å²) >= 11 is 6.15. The van der Waals surface area contributed by atoms with Crippen molar-refractivity contribution in [2.45, 2.75) is 20.4 Å². The van der Waals surface area contributed by atoms with E-state index in [-0.39, 0.29) is 35.6 Å². The molecule has 1 heterocycles. The Morgan fingerprint density at radius 3 is 2.68 bits per heavy atom. The zero-order valence-corrected chi connectivity index (χ0v) is 17.8. The lowest BCUT2D eigenvalue weighted by Gasteiger charge is -2.30. The van der Waals surface area contributed by atoms with Crippen molar-refractivity contribution in [3.63, 3.8) is 0 Å². The summed E-state index contributed by atoms with van der Waals surface area (Å²) in [6.45, 7) is 3.72. The van der Waals surface area contributed by atoms with Gasteiger partial charge >= 0.3 is 0 Å². The minimum absolute atomic E-state index is 0.0464. The van der Waals surface area contributed by atoms with Gasteiger partial charge in [-0.3, -0.25) is 9.59 Å². The number of benzene rings is 3. The van der Waals surface area contributed by atoms with E-state index < -0.39 is 5.82 Å². The van der Waals surface area contributed by atoms with Gasteiger partial charge in [-0.15, -0.1) is 0 Å². The number of aryl methyl sites for hydroxylation is 2. The van der Waals surface area contributed by atoms with E-state index in [1.807, 2.05) is 26.0 Å². The highest BCUT2D eigenvalue weighted by Gasteiger charge is 2.27. The Labute approximate surface area is 184 Å². The summed E-state index contributed by atoms with van der Waals surface area (Å²) in [5, 5.41) is 3.08. The van der Waals surface area contributed by atoms with Gasteiger partial charge in [0.15, 0.2) is 6.61 Å². The summed E-state index contributed by atoms with van der Waals surface area (Å²) in [7, 11) is 0. The molecule has 3 aromatic rings. The van der Waals surface area contributed by atoms with E-state index in [0.717, 1.165) is 11.1 Å². The summed E-state index contributed by atoms with van der Waals surface area (Å²) in [5.74, 6) is -0.622. The molecule has 0 bridgehead atoms. The Balaban J connectivity index is 1.63. The average molecular weight is 439 g/mol. The Hall–Kier alpha value is -3.38. The van der Waals surface area contributed by atoms with Crippen molar-refractivity contribution in [1.29, 1.82) is 0 Å². The molecule has 158 valence electrons. The third-order valence-corrected chi connectivity index (χ3v) is 5.66. The first-order chi connectivity index (χ1) is 14.8. The molecule has 0 unspecified atom stereocenters. The number of ether oxygens (including phenoxy) is 1. The van der Waals surface area contributed by atoms with Crippen LogP contribution < -0.4 is 15.0 Å². The minimum atomic E-state index is -0.493. The predicted molar refractivity (Wildman–Crippen MR) is 118 cm³/mol. The summed E-state index contributed by atoms with van der Waals surface area (Å²) in [5.41, 5.74) is 3.80. The molecule has 2 amide bonds. The van der Waals surface area contributed by atoms with Gasteiger partial charge in [-0.2, -0.15) is 0 Å². The maximum Gasteiger partial charge on any atom is 0.265 e. The largest absolute Gasteiger partial charge is 0.482 e. The number of amides is 2. The van der Waals surface area contributed by atoms with Crippen LogP contribution in [0.2, 0.25) is 5.02 Å². The number of hydrogen-bond donors (Lipinski definition) is 1. The van der Waals surface area contributed by atoms with Crippen molar-refractivity contribution in [2.75, 3.05) is 16.8 Å². The zero-order chi connectivity index (χ0) is 22.1. The van der Waals surface area contributed by atoms with E-state index in [2.05, 4.69) is 5.32 Å². The summed E-state index contributed by atoms with van der Waals surface area (Å²) in [6.07, 6.45) is 0. The monoisotopic (exact) mass is 438 g/mol. The van der Waals surface area contributed by atoms with Crippen LogP contribution in [0.15, 0.2) is 54.6 Å². The number of hydrogen-bond acceptors (Lipinski definition) is 3. The van der Waals surface area contributed by atoms with Gasteiger partial charge in [0, 0.05) is 21.8 Å². The molecule has 31 heavy (non-hydrogen) atoms. The quantitative estimate of drug-likeness (QED) is 0.603. The first-order valence-electron chi connectivity index (χ1n) is 9.72. The van der Waals surface area contributed by atoms with E-state index in [1.54, 1.807) is 30.3 Å². The van der Waals surface area contributed by atoms with Crippen LogP contribution in [-0.4, -0.2) is 18.4 Å². The van der Waals surface area contributed by atoms with Gasteiger partial charge in [0.05, 0.1) is 12.2 Å². The molecule has 0 radical (unpaired) electrons. The highest BCUT2D eigenvalue weighted by molar-refractivity contribution is 6.31. The Kier molecular flexibility index (Phi) is 5.65.